The minimum atomic E-state index is -0.441. The van der Waals surface area contributed by atoms with Crippen molar-refractivity contribution in [1.29, 1.82) is 0 Å². The first-order valence-electron chi connectivity index (χ1n) is 10.7. The van der Waals surface area contributed by atoms with Crippen LogP contribution in [0.5, 0.6) is 0 Å². The molecule has 3 rings (SSSR count). The molecular weight excluding hydrogens is 385 g/mol. The maximum Gasteiger partial charge on any atom is 0.325 e. The molecule has 6 nitrogen and oxygen atoms in total. The van der Waals surface area contributed by atoms with Gasteiger partial charge >= 0.3 is 12.0 Å². The predicted octanol–water partition coefficient (Wildman–Crippen LogP) is 4.08. The molecule has 162 valence electrons. The van der Waals surface area contributed by atoms with Gasteiger partial charge in [0.25, 0.3) is 0 Å². The van der Waals surface area contributed by atoms with Crippen LogP contribution in [-0.4, -0.2) is 40.7 Å². The molecule has 1 aliphatic carbocycles. The van der Waals surface area contributed by atoms with Crippen LogP contribution in [0.1, 0.15) is 50.3 Å². The Bertz CT molecular complexity index is 846. The van der Waals surface area contributed by atoms with Gasteiger partial charge in [0.2, 0.25) is 0 Å². The average Bonchev–Trinajstić information content (AvgIpc) is 3.17. The highest BCUT2D eigenvalue weighted by Gasteiger charge is 2.26. The lowest BCUT2D eigenvalue weighted by molar-refractivity contribution is -0.141. The van der Waals surface area contributed by atoms with Gasteiger partial charge in [-0.1, -0.05) is 31.4 Å². The molecule has 1 aromatic carbocycles. The molecule has 1 saturated carbocycles. The second-order valence-corrected chi connectivity index (χ2v) is 7.64. The Kier molecular flexibility index (Phi) is 7.88. The summed E-state index contributed by atoms with van der Waals surface area (Å²) in [5, 5.41) is 2.71. The molecule has 0 unspecified atom stereocenters. The van der Waals surface area contributed by atoms with E-state index in [-0.39, 0.29) is 31.0 Å². The molecule has 0 atom stereocenters. The van der Waals surface area contributed by atoms with Crippen LogP contribution in [0.2, 0.25) is 0 Å². The Balaban J connectivity index is 1.72. The first kappa shape index (κ1) is 21.9. The zero-order valence-electron chi connectivity index (χ0n) is 17.5. The standard InChI is InChI=1S/C23H30FN3O3/c1-2-30-22(28)15-25-23(29)27(20-10-4-3-5-11-20)17-21-12-7-13-26(21)16-18-8-6-9-19(24)14-18/h6-9,12-14,20H,2-5,10-11,15-17H2,1H3,(H,25,29). The van der Waals surface area contributed by atoms with Crippen LogP contribution in [0, 0.1) is 5.82 Å². The van der Waals surface area contributed by atoms with Crippen molar-refractivity contribution in [3.8, 4) is 0 Å². The van der Waals surface area contributed by atoms with E-state index < -0.39 is 5.97 Å². The topological polar surface area (TPSA) is 63.6 Å². The number of carbonyl (C=O) groups excluding carboxylic acids is 2. The van der Waals surface area contributed by atoms with E-state index in [9.17, 15) is 14.0 Å². The zero-order valence-corrected chi connectivity index (χ0v) is 17.5. The number of benzene rings is 1. The van der Waals surface area contributed by atoms with Gasteiger partial charge in [0.05, 0.1) is 13.2 Å². The van der Waals surface area contributed by atoms with Gasteiger partial charge in [0.15, 0.2) is 0 Å². The number of rotatable bonds is 8. The van der Waals surface area contributed by atoms with Gasteiger partial charge < -0.3 is 19.5 Å². The summed E-state index contributed by atoms with van der Waals surface area (Å²) in [5.41, 5.74) is 1.83. The average molecular weight is 416 g/mol. The number of aromatic nitrogens is 1. The smallest absolute Gasteiger partial charge is 0.325 e. The van der Waals surface area contributed by atoms with E-state index in [0.717, 1.165) is 36.9 Å². The van der Waals surface area contributed by atoms with Crippen LogP contribution in [-0.2, 0) is 22.6 Å². The fraction of sp³-hybridized carbons (Fsp3) is 0.478. The minimum Gasteiger partial charge on any atom is -0.465 e. The van der Waals surface area contributed by atoms with Crippen LogP contribution >= 0.6 is 0 Å². The molecule has 2 aromatic rings. The van der Waals surface area contributed by atoms with Crippen molar-refractivity contribution in [3.63, 3.8) is 0 Å². The first-order valence-corrected chi connectivity index (χ1v) is 10.7. The number of urea groups is 1. The van der Waals surface area contributed by atoms with Gasteiger partial charge in [-0.3, -0.25) is 4.79 Å². The number of carbonyl (C=O) groups is 2. The third-order valence-corrected chi connectivity index (χ3v) is 5.46. The minimum absolute atomic E-state index is 0.137. The number of amides is 2. The lowest BCUT2D eigenvalue weighted by atomic mass is 9.94. The number of hydrogen-bond acceptors (Lipinski definition) is 3. The first-order chi connectivity index (χ1) is 14.6. The third kappa shape index (κ3) is 6.08. The highest BCUT2D eigenvalue weighted by atomic mass is 19.1. The van der Waals surface area contributed by atoms with Crippen molar-refractivity contribution in [3.05, 3.63) is 59.7 Å². The van der Waals surface area contributed by atoms with Gasteiger partial charge in [0, 0.05) is 24.5 Å². The van der Waals surface area contributed by atoms with E-state index in [4.69, 9.17) is 4.74 Å². The highest BCUT2D eigenvalue weighted by molar-refractivity contribution is 5.81. The molecular formula is C23H30FN3O3. The quantitative estimate of drug-likeness (QED) is 0.661. The summed E-state index contributed by atoms with van der Waals surface area (Å²) < 4.78 is 20.5. The monoisotopic (exact) mass is 415 g/mol. The molecule has 1 N–H and O–H groups in total. The summed E-state index contributed by atoms with van der Waals surface area (Å²) in [6.45, 7) is 2.85. The Morgan fingerprint density at radius 2 is 2.00 bits per heavy atom. The second kappa shape index (κ2) is 10.8. The van der Waals surface area contributed by atoms with Crippen molar-refractivity contribution in [2.45, 2.75) is 58.2 Å². The van der Waals surface area contributed by atoms with Crippen LogP contribution < -0.4 is 5.32 Å². The van der Waals surface area contributed by atoms with E-state index in [1.165, 1.54) is 18.6 Å². The normalized spacial score (nSPS) is 14.3. The van der Waals surface area contributed by atoms with Crippen LogP contribution in [0.3, 0.4) is 0 Å². The van der Waals surface area contributed by atoms with Crippen molar-refractivity contribution in [2.75, 3.05) is 13.2 Å². The Labute approximate surface area is 177 Å². The van der Waals surface area contributed by atoms with E-state index >= 15 is 0 Å². The Morgan fingerprint density at radius 1 is 1.20 bits per heavy atom. The molecule has 2 amide bonds. The number of nitrogens with one attached hydrogen (secondary N) is 1. The SMILES string of the molecule is CCOC(=O)CNC(=O)N(Cc1cccn1Cc1cccc(F)c1)C1CCCCC1. The van der Waals surface area contributed by atoms with E-state index in [1.807, 2.05) is 33.9 Å². The van der Waals surface area contributed by atoms with Crippen molar-refractivity contribution in [2.24, 2.45) is 0 Å². The Morgan fingerprint density at radius 3 is 2.73 bits per heavy atom. The van der Waals surface area contributed by atoms with Crippen LogP contribution in [0.15, 0.2) is 42.6 Å². The van der Waals surface area contributed by atoms with Crippen LogP contribution in [0.25, 0.3) is 0 Å². The van der Waals surface area contributed by atoms with Crippen molar-refractivity contribution >= 4 is 12.0 Å². The van der Waals surface area contributed by atoms with Crippen molar-refractivity contribution in [1.82, 2.24) is 14.8 Å². The molecule has 1 aromatic heterocycles. The summed E-state index contributed by atoms with van der Waals surface area (Å²) in [4.78, 5) is 26.4. The van der Waals surface area contributed by atoms with Crippen molar-refractivity contribution < 1.29 is 18.7 Å². The summed E-state index contributed by atoms with van der Waals surface area (Å²) in [5.74, 6) is -0.702. The van der Waals surface area contributed by atoms with Gasteiger partial charge in [0.1, 0.15) is 12.4 Å². The molecule has 1 fully saturated rings. The number of halogens is 1. The van der Waals surface area contributed by atoms with E-state index in [2.05, 4.69) is 5.32 Å². The summed E-state index contributed by atoms with van der Waals surface area (Å²) in [6, 6.07) is 10.3. The summed E-state index contributed by atoms with van der Waals surface area (Å²) in [7, 11) is 0. The molecule has 0 spiro atoms. The van der Waals surface area contributed by atoms with Gasteiger partial charge in [-0.05, 0) is 49.6 Å². The molecule has 0 bridgehead atoms. The van der Waals surface area contributed by atoms with Gasteiger partial charge in [-0.15, -0.1) is 0 Å². The zero-order chi connectivity index (χ0) is 21.3. The number of hydrogen-bond donors (Lipinski definition) is 1. The van der Waals surface area contributed by atoms with Gasteiger partial charge in [-0.25, -0.2) is 9.18 Å². The summed E-state index contributed by atoms with van der Waals surface area (Å²) in [6.07, 6.45) is 7.22. The number of ether oxygens (including phenoxy) is 1. The lowest BCUT2D eigenvalue weighted by Gasteiger charge is -2.34. The molecule has 0 saturated heterocycles. The predicted molar refractivity (Wildman–Crippen MR) is 112 cm³/mol. The second-order valence-electron chi connectivity index (χ2n) is 7.64. The largest absolute Gasteiger partial charge is 0.465 e. The van der Waals surface area contributed by atoms with E-state index in [0.29, 0.717) is 13.1 Å². The fourth-order valence-electron chi connectivity index (χ4n) is 3.97. The molecule has 0 radical (unpaired) electrons. The molecule has 0 aliphatic heterocycles. The van der Waals surface area contributed by atoms with Crippen LogP contribution in [0.4, 0.5) is 9.18 Å². The molecule has 30 heavy (non-hydrogen) atoms. The van der Waals surface area contributed by atoms with Gasteiger partial charge in [-0.2, -0.15) is 0 Å². The molecule has 1 heterocycles. The maximum atomic E-state index is 13.6. The maximum absolute atomic E-state index is 13.6. The summed E-state index contributed by atoms with van der Waals surface area (Å²) >= 11 is 0. The van der Waals surface area contributed by atoms with E-state index in [1.54, 1.807) is 13.0 Å². The highest BCUT2D eigenvalue weighted by Crippen LogP contribution is 2.24. The third-order valence-electron chi connectivity index (χ3n) is 5.46. The molecule has 7 heteroatoms. The number of esters is 1. The lowest BCUT2D eigenvalue weighted by Crippen LogP contribution is -2.48. The Hall–Kier alpha value is -2.83. The number of nitrogens with zero attached hydrogens (tertiary/aromatic N) is 2. The molecule has 1 aliphatic rings. The fourth-order valence-corrected chi connectivity index (χ4v) is 3.97.